The summed E-state index contributed by atoms with van der Waals surface area (Å²) >= 11 is 0. The van der Waals surface area contributed by atoms with Gasteiger partial charge in [0.25, 0.3) is 5.91 Å². The number of aromatic nitrogens is 2. The number of nitrogens with zero attached hydrogens (tertiary/aromatic N) is 2. The monoisotopic (exact) mass is 285 g/mol. The first-order valence-corrected chi connectivity index (χ1v) is 6.61. The maximum absolute atomic E-state index is 12.3. The molecule has 21 heavy (non-hydrogen) atoms. The number of aryl methyl sites for hydroxylation is 1. The average molecular weight is 285 g/mol. The Labute approximate surface area is 121 Å². The highest BCUT2D eigenvalue weighted by atomic mass is 16.5. The second kappa shape index (κ2) is 5.32. The lowest BCUT2D eigenvalue weighted by atomic mass is 10.1. The number of fused-ring (bicyclic) bond motifs is 1. The Morgan fingerprint density at radius 3 is 3.05 bits per heavy atom. The molecule has 108 valence electrons. The Morgan fingerprint density at radius 2 is 2.33 bits per heavy atom. The number of carbonyl (C=O) groups excluding carboxylic acids is 1. The van der Waals surface area contributed by atoms with Crippen LogP contribution in [0.25, 0.3) is 11.0 Å². The van der Waals surface area contributed by atoms with Crippen molar-refractivity contribution in [2.24, 2.45) is 7.05 Å². The van der Waals surface area contributed by atoms with Crippen molar-refractivity contribution in [2.45, 2.75) is 6.92 Å². The Bertz CT molecular complexity index is 788. The van der Waals surface area contributed by atoms with Crippen molar-refractivity contribution in [3.63, 3.8) is 0 Å². The highest BCUT2D eigenvalue weighted by molar-refractivity contribution is 6.06. The summed E-state index contributed by atoms with van der Waals surface area (Å²) in [5.41, 5.74) is 1.74. The van der Waals surface area contributed by atoms with Crippen molar-refractivity contribution >= 4 is 22.6 Å². The van der Waals surface area contributed by atoms with Gasteiger partial charge in [-0.1, -0.05) is 0 Å². The van der Waals surface area contributed by atoms with E-state index in [4.69, 9.17) is 9.15 Å². The van der Waals surface area contributed by atoms with Gasteiger partial charge >= 0.3 is 0 Å². The molecule has 0 aliphatic carbocycles. The second-order valence-electron chi connectivity index (χ2n) is 4.60. The Morgan fingerprint density at radius 1 is 1.48 bits per heavy atom. The molecule has 6 nitrogen and oxygen atoms in total. The van der Waals surface area contributed by atoms with Gasteiger partial charge in [-0.3, -0.25) is 9.48 Å². The molecular formula is C15H15N3O3. The largest absolute Gasteiger partial charge is 0.493 e. The molecule has 0 aliphatic rings. The molecule has 1 N–H and O–H groups in total. The predicted molar refractivity (Wildman–Crippen MR) is 78.5 cm³/mol. The van der Waals surface area contributed by atoms with Gasteiger partial charge in [-0.2, -0.15) is 5.10 Å². The lowest BCUT2D eigenvalue weighted by Gasteiger charge is -2.07. The van der Waals surface area contributed by atoms with Gasteiger partial charge in [0.2, 0.25) is 0 Å². The minimum Gasteiger partial charge on any atom is -0.493 e. The van der Waals surface area contributed by atoms with E-state index in [0.717, 1.165) is 5.39 Å². The van der Waals surface area contributed by atoms with Gasteiger partial charge in [-0.05, 0) is 25.1 Å². The van der Waals surface area contributed by atoms with E-state index in [2.05, 4.69) is 10.4 Å². The number of ether oxygens (including phenoxy) is 1. The van der Waals surface area contributed by atoms with Crippen LogP contribution in [0.3, 0.4) is 0 Å². The molecular weight excluding hydrogens is 270 g/mol. The quantitative estimate of drug-likeness (QED) is 0.800. The number of anilines is 1. The molecule has 0 bridgehead atoms. The molecule has 0 atom stereocenters. The fourth-order valence-electron chi connectivity index (χ4n) is 2.13. The molecule has 0 radical (unpaired) electrons. The van der Waals surface area contributed by atoms with Crippen LogP contribution in [-0.2, 0) is 7.05 Å². The summed E-state index contributed by atoms with van der Waals surface area (Å²) in [6.45, 7) is 2.42. The van der Waals surface area contributed by atoms with Gasteiger partial charge in [0.15, 0.2) is 0 Å². The topological polar surface area (TPSA) is 69.3 Å². The summed E-state index contributed by atoms with van der Waals surface area (Å²) in [5, 5.41) is 7.65. The van der Waals surface area contributed by atoms with E-state index < -0.39 is 0 Å². The minimum atomic E-state index is -0.234. The third-order valence-electron chi connectivity index (χ3n) is 3.06. The van der Waals surface area contributed by atoms with E-state index in [-0.39, 0.29) is 5.91 Å². The SMILES string of the molecule is CCOc1cc(C(=O)Nc2cnn(C)c2)cc2occc12. The smallest absolute Gasteiger partial charge is 0.256 e. The highest BCUT2D eigenvalue weighted by Gasteiger charge is 2.13. The van der Waals surface area contributed by atoms with Crippen molar-refractivity contribution in [3.05, 3.63) is 42.4 Å². The van der Waals surface area contributed by atoms with Gasteiger partial charge < -0.3 is 14.5 Å². The first-order chi connectivity index (χ1) is 10.2. The zero-order valence-corrected chi connectivity index (χ0v) is 11.8. The van der Waals surface area contributed by atoms with Crippen molar-refractivity contribution in [3.8, 4) is 5.75 Å². The van der Waals surface area contributed by atoms with Gasteiger partial charge in [-0.15, -0.1) is 0 Å². The standard InChI is InChI=1S/C15H15N3O3/c1-3-20-13-6-10(7-14-12(13)4-5-21-14)15(19)17-11-8-16-18(2)9-11/h4-9H,3H2,1-2H3,(H,17,19). The number of benzene rings is 1. The van der Waals surface area contributed by atoms with Crippen molar-refractivity contribution in [2.75, 3.05) is 11.9 Å². The van der Waals surface area contributed by atoms with E-state index in [9.17, 15) is 4.79 Å². The van der Waals surface area contributed by atoms with E-state index in [0.29, 0.717) is 29.2 Å². The number of rotatable bonds is 4. The average Bonchev–Trinajstić information content (AvgIpc) is 3.08. The van der Waals surface area contributed by atoms with Crippen LogP contribution in [0.1, 0.15) is 17.3 Å². The number of hydrogen-bond donors (Lipinski definition) is 1. The van der Waals surface area contributed by atoms with Crippen LogP contribution in [0.15, 0.2) is 41.3 Å². The highest BCUT2D eigenvalue weighted by Crippen LogP contribution is 2.29. The molecule has 0 aliphatic heterocycles. The lowest BCUT2D eigenvalue weighted by molar-refractivity contribution is 0.102. The zero-order valence-electron chi connectivity index (χ0n) is 11.8. The number of carbonyl (C=O) groups is 1. The third kappa shape index (κ3) is 2.60. The van der Waals surface area contributed by atoms with Crippen LogP contribution in [0, 0.1) is 0 Å². The van der Waals surface area contributed by atoms with Crippen molar-refractivity contribution in [1.82, 2.24) is 9.78 Å². The summed E-state index contributed by atoms with van der Waals surface area (Å²) in [4.78, 5) is 12.3. The Hall–Kier alpha value is -2.76. The minimum absolute atomic E-state index is 0.234. The third-order valence-corrected chi connectivity index (χ3v) is 3.06. The van der Waals surface area contributed by atoms with Crippen LogP contribution in [0.4, 0.5) is 5.69 Å². The molecule has 1 aromatic carbocycles. The Balaban J connectivity index is 1.93. The lowest BCUT2D eigenvalue weighted by Crippen LogP contribution is -2.11. The second-order valence-corrected chi connectivity index (χ2v) is 4.60. The zero-order chi connectivity index (χ0) is 14.8. The van der Waals surface area contributed by atoms with Crippen molar-refractivity contribution in [1.29, 1.82) is 0 Å². The molecule has 0 fully saturated rings. The maximum Gasteiger partial charge on any atom is 0.256 e. The van der Waals surface area contributed by atoms with Gasteiger partial charge in [0.05, 0.1) is 30.1 Å². The van der Waals surface area contributed by atoms with Crippen molar-refractivity contribution < 1.29 is 13.9 Å². The van der Waals surface area contributed by atoms with Crippen LogP contribution in [-0.4, -0.2) is 22.3 Å². The fourth-order valence-corrected chi connectivity index (χ4v) is 2.13. The maximum atomic E-state index is 12.3. The van der Waals surface area contributed by atoms with Crippen LogP contribution in [0.5, 0.6) is 5.75 Å². The molecule has 2 heterocycles. The fraction of sp³-hybridized carbons (Fsp3) is 0.200. The van der Waals surface area contributed by atoms with Gasteiger partial charge in [-0.25, -0.2) is 0 Å². The number of amides is 1. The van der Waals surface area contributed by atoms with E-state index in [1.807, 2.05) is 13.0 Å². The molecule has 0 saturated carbocycles. The molecule has 2 aromatic heterocycles. The Kier molecular flexibility index (Phi) is 3.35. The van der Waals surface area contributed by atoms with E-state index >= 15 is 0 Å². The van der Waals surface area contributed by atoms with Crippen LogP contribution in [0.2, 0.25) is 0 Å². The summed E-state index contributed by atoms with van der Waals surface area (Å²) in [7, 11) is 1.79. The number of nitrogens with one attached hydrogen (secondary N) is 1. The van der Waals surface area contributed by atoms with Gasteiger partial charge in [0.1, 0.15) is 11.3 Å². The first kappa shape index (κ1) is 13.2. The summed E-state index contributed by atoms with van der Waals surface area (Å²) in [6.07, 6.45) is 4.90. The normalized spacial score (nSPS) is 10.8. The van der Waals surface area contributed by atoms with Crippen LogP contribution < -0.4 is 10.1 Å². The number of furan rings is 1. The molecule has 0 spiro atoms. The molecule has 3 aromatic rings. The van der Waals surface area contributed by atoms with E-state index in [1.54, 1.807) is 42.5 Å². The molecule has 1 amide bonds. The molecule has 0 unspecified atom stereocenters. The molecule has 0 saturated heterocycles. The molecule has 6 heteroatoms. The predicted octanol–water partition coefficient (Wildman–Crippen LogP) is 2.82. The summed E-state index contributed by atoms with van der Waals surface area (Å²) < 4.78 is 12.6. The van der Waals surface area contributed by atoms with Crippen LogP contribution >= 0.6 is 0 Å². The summed E-state index contributed by atoms with van der Waals surface area (Å²) in [5.74, 6) is 0.405. The van der Waals surface area contributed by atoms with Gasteiger partial charge in [0, 0.05) is 18.8 Å². The first-order valence-electron chi connectivity index (χ1n) is 6.61. The summed E-state index contributed by atoms with van der Waals surface area (Å²) in [6, 6.07) is 5.24. The number of hydrogen-bond acceptors (Lipinski definition) is 4. The van der Waals surface area contributed by atoms with E-state index in [1.165, 1.54) is 0 Å². The molecule has 3 rings (SSSR count).